The molecule has 0 fully saturated rings. The number of allylic oxidation sites excluding steroid dienone is 4. The van der Waals surface area contributed by atoms with Crippen LogP contribution in [-0.4, -0.2) is 0 Å². The first kappa shape index (κ1) is 7.15. The van der Waals surface area contributed by atoms with Crippen molar-refractivity contribution >= 4 is 0 Å². The summed E-state index contributed by atoms with van der Waals surface area (Å²) in [6.07, 6.45) is 15.2. The Morgan fingerprint density at radius 2 is 2.09 bits per heavy atom. The lowest BCUT2D eigenvalue weighted by atomic mass is 9.93. The molecule has 1 radical (unpaired) electrons. The van der Waals surface area contributed by atoms with Crippen LogP contribution in [0.1, 0.15) is 44.9 Å². The van der Waals surface area contributed by atoms with Gasteiger partial charge in [-0.25, -0.2) is 0 Å². The summed E-state index contributed by atoms with van der Waals surface area (Å²) in [5.41, 5.74) is 3.17. The molecule has 0 unspecified atom stereocenters. The van der Waals surface area contributed by atoms with Crippen molar-refractivity contribution in [1.82, 2.24) is 0 Å². The summed E-state index contributed by atoms with van der Waals surface area (Å²) in [4.78, 5) is 0. The molecule has 0 bridgehead atoms. The predicted molar refractivity (Wildman–Crippen MR) is 47.2 cm³/mol. The maximum atomic E-state index is 3.51. The molecule has 0 heteroatoms. The average molecular weight is 147 g/mol. The van der Waals surface area contributed by atoms with Crippen molar-refractivity contribution in [2.24, 2.45) is 0 Å². The standard InChI is InChI=1S/C11H15/c1-2-6-10(7-3-1)11-8-4-5-9-11/h8H,1-6,9H2. The summed E-state index contributed by atoms with van der Waals surface area (Å²) in [6.45, 7) is 0. The first-order valence-corrected chi connectivity index (χ1v) is 4.76. The van der Waals surface area contributed by atoms with Crippen LogP contribution in [0, 0.1) is 6.08 Å². The first-order chi connectivity index (χ1) is 5.47. The molecule has 0 amide bonds. The van der Waals surface area contributed by atoms with Gasteiger partial charge in [0.2, 0.25) is 0 Å². The van der Waals surface area contributed by atoms with Crippen molar-refractivity contribution in [2.45, 2.75) is 44.9 Å². The summed E-state index contributed by atoms with van der Waals surface area (Å²) in [5, 5.41) is 0. The monoisotopic (exact) mass is 147 g/mol. The van der Waals surface area contributed by atoms with Gasteiger partial charge in [0.15, 0.2) is 0 Å². The molecule has 2 rings (SSSR count). The minimum Gasteiger partial charge on any atom is -0.0810 e. The third-order valence-corrected chi connectivity index (χ3v) is 2.62. The molecule has 0 saturated carbocycles. The van der Waals surface area contributed by atoms with Gasteiger partial charge in [0, 0.05) is 0 Å². The van der Waals surface area contributed by atoms with Gasteiger partial charge in [-0.1, -0.05) is 6.08 Å². The van der Waals surface area contributed by atoms with Crippen LogP contribution in [0.15, 0.2) is 17.2 Å². The Labute approximate surface area is 69.0 Å². The van der Waals surface area contributed by atoms with E-state index >= 15 is 0 Å². The van der Waals surface area contributed by atoms with Gasteiger partial charge in [-0.05, 0) is 62.2 Å². The zero-order chi connectivity index (χ0) is 7.52. The predicted octanol–water partition coefficient (Wildman–Crippen LogP) is 3.40. The van der Waals surface area contributed by atoms with Crippen LogP contribution in [-0.2, 0) is 0 Å². The Hall–Kier alpha value is -0.520. The molecule has 59 valence electrons. The minimum absolute atomic E-state index is 1.20. The normalized spacial score (nSPS) is 24.7. The highest BCUT2D eigenvalue weighted by Gasteiger charge is 2.11. The molecule has 0 heterocycles. The van der Waals surface area contributed by atoms with Crippen LogP contribution >= 0.6 is 0 Å². The largest absolute Gasteiger partial charge is 0.0810 e. The zero-order valence-electron chi connectivity index (χ0n) is 7.03. The summed E-state index contributed by atoms with van der Waals surface area (Å²) in [5.74, 6) is 0. The van der Waals surface area contributed by atoms with E-state index in [0.29, 0.717) is 0 Å². The highest BCUT2D eigenvalue weighted by atomic mass is 14.2. The fourth-order valence-corrected chi connectivity index (χ4v) is 1.97. The second-order valence-corrected chi connectivity index (χ2v) is 3.48. The van der Waals surface area contributed by atoms with E-state index in [-0.39, 0.29) is 0 Å². The molecular weight excluding hydrogens is 132 g/mol. The zero-order valence-corrected chi connectivity index (χ0v) is 7.03. The summed E-state index contributed by atoms with van der Waals surface area (Å²) in [6, 6.07) is 0. The van der Waals surface area contributed by atoms with E-state index in [1.807, 2.05) is 0 Å². The highest BCUT2D eigenvalue weighted by molar-refractivity contribution is 5.31. The molecule has 11 heavy (non-hydrogen) atoms. The van der Waals surface area contributed by atoms with Crippen molar-refractivity contribution in [2.75, 3.05) is 0 Å². The first-order valence-electron chi connectivity index (χ1n) is 4.76. The van der Waals surface area contributed by atoms with E-state index < -0.39 is 0 Å². The van der Waals surface area contributed by atoms with Crippen LogP contribution in [0.3, 0.4) is 0 Å². The Bertz CT molecular complexity index is 196. The highest BCUT2D eigenvalue weighted by Crippen LogP contribution is 2.30. The van der Waals surface area contributed by atoms with Crippen molar-refractivity contribution in [3.05, 3.63) is 23.3 Å². The van der Waals surface area contributed by atoms with Gasteiger partial charge in [-0.3, -0.25) is 0 Å². The lowest BCUT2D eigenvalue weighted by molar-refractivity contribution is 0.689. The van der Waals surface area contributed by atoms with Crippen molar-refractivity contribution in [3.63, 3.8) is 0 Å². The Morgan fingerprint density at radius 3 is 2.73 bits per heavy atom. The molecule has 0 aliphatic heterocycles. The Kier molecular flexibility index (Phi) is 2.11. The lowest BCUT2D eigenvalue weighted by Gasteiger charge is -2.12. The van der Waals surface area contributed by atoms with Crippen LogP contribution in [0.25, 0.3) is 0 Å². The third kappa shape index (κ3) is 1.55. The molecule has 0 N–H and O–H groups in total. The SMILES string of the molecule is [C]1=C(C2=CCCC2)CCCC1. The minimum atomic E-state index is 1.20. The lowest BCUT2D eigenvalue weighted by Crippen LogP contribution is -1.94. The quantitative estimate of drug-likeness (QED) is 0.533. The van der Waals surface area contributed by atoms with Crippen molar-refractivity contribution in [1.29, 1.82) is 0 Å². The second-order valence-electron chi connectivity index (χ2n) is 3.48. The topological polar surface area (TPSA) is 0 Å². The molecule has 0 nitrogen and oxygen atoms in total. The maximum absolute atomic E-state index is 3.51. The molecule has 2 aliphatic carbocycles. The van der Waals surface area contributed by atoms with Crippen LogP contribution in [0.5, 0.6) is 0 Å². The number of hydrogen-bond donors (Lipinski definition) is 0. The Morgan fingerprint density at radius 1 is 1.09 bits per heavy atom. The molecule has 0 aromatic carbocycles. The molecule has 0 atom stereocenters. The fourth-order valence-electron chi connectivity index (χ4n) is 1.97. The van der Waals surface area contributed by atoms with Gasteiger partial charge in [-0.15, -0.1) is 0 Å². The van der Waals surface area contributed by atoms with Gasteiger partial charge in [0.05, 0.1) is 0 Å². The summed E-state index contributed by atoms with van der Waals surface area (Å²) in [7, 11) is 0. The van der Waals surface area contributed by atoms with Crippen LogP contribution in [0.2, 0.25) is 0 Å². The number of hydrogen-bond acceptors (Lipinski definition) is 0. The molecule has 0 saturated heterocycles. The third-order valence-electron chi connectivity index (χ3n) is 2.62. The van der Waals surface area contributed by atoms with E-state index in [1.165, 1.54) is 44.9 Å². The Balaban J connectivity index is 2.07. The van der Waals surface area contributed by atoms with Gasteiger partial charge in [0.25, 0.3) is 0 Å². The van der Waals surface area contributed by atoms with Crippen LogP contribution < -0.4 is 0 Å². The maximum Gasteiger partial charge on any atom is -0.0273 e. The van der Waals surface area contributed by atoms with E-state index in [2.05, 4.69) is 12.2 Å². The summed E-state index contributed by atoms with van der Waals surface area (Å²) < 4.78 is 0. The van der Waals surface area contributed by atoms with Gasteiger partial charge in [-0.2, -0.15) is 0 Å². The number of rotatable bonds is 1. The van der Waals surface area contributed by atoms with Gasteiger partial charge >= 0.3 is 0 Å². The molecule has 0 spiro atoms. The van der Waals surface area contributed by atoms with E-state index in [1.54, 1.807) is 11.1 Å². The van der Waals surface area contributed by atoms with Crippen LogP contribution in [0.4, 0.5) is 0 Å². The smallest absolute Gasteiger partial charge is 0.0273 e. The fraction of sp³-hybridized carbons (Fsp3) is 0.636. The average Bonchev–Trinajstić information content (AvgIpc) is 2.58. The van der Waals surface area contributed by atoms with Crippen molar-refractivity contribution < 1.29 is 0 Å². The van der Waals surface area contributed by atoms with Crippen molar-refractivity contribution in [3.8, 4) is 0 Å². The summed E-state index contributed by atoms with van der Waals surface area (Å²) >= 11 is 0. The molecule has 0 aromatic rings. The molecule has 2 aliphatic rings. The molecular formula is C11H15. The van der Waals surface area contributed by atoms with E-state index in [0.717, 1.165) is 0 Å². The van der Waals surface area contributed by atoms with Gasteiger partial charge in [0.1, 0.15) is 0 Å². The molecule has 0 aromatic heterocycles. The van der Waals surface area contributed by atoms with E-state index in [4.69, 9.17) is 0 Å². The second kappa shape index (κ2) is 3.25. The van der Waals surface area contributed by atoms with Gasteiger partial charge < -0.3 is 0 Å². The van der Waals surface area contributed by atoms with E-state index in [9.17, 15) is 0 Å².